The summed E-state index contributed by atoms with van der Waals surface area (Å²) in [6.07, 6.45) is 6.28. The van der Waals surface area contributed by atoms with Gasteiger partial charge in [0.2, 0.25) is 5.95 Å². The Kier molecular flexibility index (Phi) is 5.25. The molecule has 0 bridgehead atoms. The minimum Gasteiger partial charge on any atom is -0.383 e. The van der Waals surface area contributed by atoms with Crippen LogP contribution in [0.15, 0.2) is 36.5 Å². The fourth-order valence-electron chi connectivity index (χ4n) is 3.83. The molecule has 1 saturated heterocycles. The lowest BCUT2D eigenvalue weighted by atomic mass is 10.2. The Balaban J connectivity index is 1.63. The van der Waals surface area contributed by atoms with Crippen LogP contribution in [-0.4, -0.2) is 41.3 Å². The molecular weight excluding hydrogens is 338 g/mol. The second-order valence-electron chi connectivity index (χ2n) is 7.14. The van der Waals surface area contributed by atoms with Gasteiger partial charge in [-0.15, -0.1) is 0 Å². The summed E-state index contributed by atoms with van der Waals surface area (Å²) >= 11 is 0. The van der Waals surface area contributed by atoms with Gasteiger partial charge in [-0.25, -0.2) is 4.98 Å². The first-order valence-electron chi connectivity index (χ1n) is 9.74. The van der Waals surface area contributed by atoms with Gasteiger partial charge in [-0.1, -0.05) is 19.4 Å². The van der Waals surface area contributed by atoms with Gasteiger partial charge in [0, 0.05) is 42.8 Å². The lowest BCUT2D eigenvalue weighted by Crippen LogP contribution is -2.33. The maximum Gasteiger partial charge on any atom is 0.229 e. The van der Waals surface area contributed by atoms with Crippen LogP contribution in [-0.2, 0) is 11.2 Å². The summed E-state index contributed by atoms with van der Waals surface area (Å²) in [6.45, 7) is 3.93. The Morgan fingerprint density at radius 1 is 1.26 bits per heavy atom. The smallest absolute Gasteiger partial charge is 0.229 e. The van der Waals surface area contributed by atoms with Crippen molar-refractivity contribution in [2.75, 3.05) is 30.5 Å². The van der Waals surface area contributed by atoms with E-state index in [0.717, 1.165) is 55.1 Å². The summed E-state index contributed by atoms with van der Waals surface area (Å²) in [6, 6.07) is 10.8. The van der Waals surface area contributed by atoms with Gasteiger partial charge < -0.3 is 19.9 Å². The van der Waals surface area contributed by atoms with Gasteiger partial charge >= 0.3 is 0 Å². The SMILES string of the molecule is CCCc1cc(N2CCCC2COC)nc(Nc2ccc3cc[nH]c3c2)n1. The number of rotatable bonds is 7. The van der Waals surface area contributed by atoms with Gasteiger partial charge in [0.05, 0.1) is 12.6 Å². The maximum atomic E-state index is 5.41. The maximum absolute atomic E-state index is 5.41. The van der Waals surface area contributed by atoms with E-state index >= 15 is 0 Å². The van der Waals surface area contributed by atoms with E-state index in [9.17, 15) is 0 Å². The van der Waals surface area contributed by atoms with Crippen molar-refractivity contribution in [3.63, 3.8) is 0 Å². The van der Waals surface area contributed by atoms with Crippen LogP contribution in [0, 0.1) is 0 Å². The number of ether oxygens (including phenoxy) is 1. The number of aromatic nitrogens is 3. The molecule has 1 fully saturated rings. The molecule has 3 aromatic rings. The molecule has 27 heavy (non-hydrogen) atoms. The van der Waals surface area contributed by atoms with E-state index < -0.39 is 0 Å². The van der Waals surface area contributed by atoms with E-state index in [1.54, 1.807) is 7.11 Å². The third-order valence-electron chi connectivity index (χ3n) is 5.11. The molecule has 0 amide bonds. The molecule has 0 radical (unpaired) electrons. The van der Waals surface area contributed by atoms with E-state index in [1.165, 1.54) is 11.8 Å². The van der Waals surface area contributed by atoms with Crippen molar-refractivity contribution in [1.82, 2.24) is 15.0 Å². The fraction of sp³-hybridized carbons (Fsp3) is 0.429. The van der Waals surface area contributed by atoms with Gasteiger partial charge in [0.15, 0.2) is 0 Å². The number of benzene rings is 1. The van der Waals surface area contributed by atoms with Gasteiger partial charge in [-0.2, -0.15) is 4.98 Å². The van der Waals surface area contributed by atoms with Gasteiger partial charge in [0.25, 0.3) is 0 Å². The van der Waals surface area contributed by atoms with E-state index in [0.29, 0.717) is 12.0 Å². The lowest BCUT2D eigenvalue weighted by molar-refractivity contribution is 0.180. The Morgan fingerprint density at radius 3 is 3.04 bits per heavy atom. The number of anilines is 3. The number of fused-ring (bicyclic) bond motifs is 1. The topological polar surface area (TPSA) is 66.1 Å². The van der Waals surface area contributed by atoms with Crippen LogP contribution < -0.4 is 10.2 Å². The first-order valence-corrected chi connectivity index (χ1v) is 9.74. The summed E-state index contributed by atoms with van der Waals surface area (Å²) in [5, 5.41) is 4.59. The standard InChI is InChI=1S/C21H27N5O/c1-3-5-16-13-20(26-11-4-6-18(26)14-27-2)25-21(23-16)24-17-8-7-15-9-10-22-19(15)12-17/h7-10,12-13,18,22H,3-6,11,14H2,1-2H3,(H,23,24,25). The first kappa shape index (κ1) is 17.8. The van der Waals surface area contributed by atoms with Crippen molar-refractivity contribution in [3.8, 4) is 0 Å². The second kappa shape index (κ2) is 7.96. The van der Waals surface area contributed by atoms with E-state index in [1.807, 2.05) is 6.20 Å². The highest BCUT2D eigenvalue weighted by molar-refractivity contribution is 5.83. The quantitative estimate of drug-likeness (QED) is 0.654. The van der Waals surface area contributed by atoms with Crippen molar-refractivity contribution in [3.05, 3.63) is 42.2 Å². The molecular formula is C21H27N5O. The van der Waals surface area contributed by atoms with Crippen LogP contribution in [0.25, 0.3) is 10.9 Å². The number of aromatic amines is 1. The predicted octanol–water partition coefficient (Wildman–Crippen LogP) is 4.27. The molecule has 2 N–H and O–H groups in total. The summed E-state index contributed by atoms with van der Waals surface area (Å²) in [4.78, 5) is 15.2. The monoisotopic (exact) mass is 365 g/mol. The third kappa shape index (κ3) is 3.90. The van der Waals surface area contributed by atoms with Crippen LogP contribution in [0.5, 0.6) is 0 Å². The fourth-order valence-corrected chi connectivity index (χ4v) is 3.83. The molecule has 0 saturated carbocycles. The van der Waals surface area contributed by atoms with Crippen molar-refractivity contribution < 1.29 is 4.74 Å². The van der Waals surface area contributed by atoms with Gasteiger partial charge in [-0.05, 0) is 42.8 Å². The van der Waals surface area contributed by atoms with E-state index in [-0.39, 0.29) is 0 Å². The molecule has 142 valence electrons. The molecule has 1 aliphatic rings. The molecule has 0 spiro atoms. The van der Waals surface area contributed by atoms with Crippen LogP contribution in [0.3, 0.4) is 0 Å². The minimum atomic E-state index is 0.391. The summed E-state index contributed by atoms with van der Waals surface area (Å²) in [5.74, 6) is 1.65. The van der Waals surface area contributed by atoms with Crippen molar-refractivity contribution in [2.24, 2.45) is 0 Å². The lowest BCUT2D eigenvalue weighted by Gasteiger charge is -2.26. The number of H-pyrrole nitrogens is 1. The normalized spacial score (nSPS) is 17.0. The number of hydrogen-bond acceptors (Lipinski definition) is 5. The van der Waals surface area contributed by atoms with Crippen molar-refractivity contribution in [1.29, 1.82) is 0 Å². The Bertz CT molecular complexity index is 906. The van der Waals surface area contributed by atoms with Crippen molar-refractivity contribution in [2.45, 2.75) is 38.6 Å². The van der Waals surface area contributed by atoms with Gasteiger partial charge in [-0.3, -0.25) is 0 Å². The molecule has 4 rings (SSSR count). The molecule has 6 heteroatoms. The molecule has 2 aromatic heterocycles. The number of hydrogen-bond donors (Lipinski definition) is 2. The molecule has 1 aliphatic heterocycles. The molecule has 6 nitrogen and oxygen atoms in total. The summed E-state index contributed by atoms with van der Waals surface area (Å²) in [7, 11) is 1.77. The second-order valence-corrected chi connectivity index (χ2v) is 7.14. The number of nitrogens with zero attached hydrogens (tertiary/aromatic N) is 3. The zero-order valence-electron chi connectivity index (χ0n) is 16.0. The number of methoxy groups -OCH3 is 1. The average molecular weight is 365 g/mol. The van der Waals surface area contributed by atoms with E-state index in [4.69, 9.17) is 14.7 Å². The largest absolute Gasteiger partial charge is 0.383 e. The minimum absolute atomic E-state index is 0.391. The number of aryl methyl sites for hydroxylation is 1. The van der Waals surface area contributed by atoms with E-state index in [2.05, 4.69) is 52.5 Å². The summed E-state index contributed by atoms with van der Waals surface area (Å²) < 4.78 is 5.41. The van der Waals surface area contributed by atoms with Crippen molar-refractivity contribution >= 4 is 28.4 Å². The van der Waals surface area contributed by atoms with Crippen LogP contribution >= 0.6 is 0 Å². The Morgan fingerprint density at radius 2 is 2.19 bits per heavy atom. The highest BCUT2D eigenvalue weighted by atomic mass is 16.5. The average Bonchev–Trinajstić information content (AvgIpc) is 3.31. The van der Waals surface area contributed by atoms with Gasteiger partial charge in [0.1, 0.15) is 5.82 Å². The third-order valence-corrected chi connectivity index (χ3v) is 5.11. The predicted molar refractivity (Wildman–Crippen MR) is 110 cm³/mol. The molecule has 1 aromatic carbocycles. The Labute approximate surface area is 160 Å². The zero-order chi connectivity index (χ0) is 18.6. The molecule has 1 unspecified atom stereocenters. The van der Waals surface area contributed by atoms with Crippen LogP contribution in [0.4, 0.5) is 17.5 Å². The van der Waals surface area contributed by atoms with Crippen LogP contribution in [0.1, 0.15) is 31.9 Å². The summed E-state index contributed by atoms with van der Waals surface area (Å²) in [5.41, 5.74) is 3.16. The van der Waals surface area contributed by atoms with Crippen LogP contribution in [0.2, 0.25) is 0 Å². The highest BCUT2D eigenvalue weighted by Gasteiger charge is 2.26. The first-order chi connectivity index (χ1) is 13.3. The molecule has 3 heterocycles. The highest BCUT2D eigenvalue weighted by Crippen LogP contribution is 2.27. The zero-order valence-corrected chi connectivity index (χ0v) is 16.0. The molecule has 0 aliphatic carbocycles. The molecule has 1 atom stereocenters. The number of nitrogens with one attached hydrogen (secondary N) is 2. The Hall–Kier alpha value is -2.60.